The van der Waals surface area contributed by atoms with Crippen LogP contribution in [0.2, 0.25) is 0 Å². The molecule has 0 spiro atoms. The molecule has 1 N–H and O–H groups in total. The van der Waals surface area contributed by atoms with E-state index < -0.39 is 0 Å². The van der Waals surface area contributed by atoms with E-state index in [-0.39, 0.29) is 5.91 Å². The monoisotopic (exact) mass is 353 g/mol. The maximum absolute atomic E-state index is 12.5. The summed E-state index contributed by atoms with van der Waals surface area (Å²) >= 11 is 0. The summed E-state index contributed by atoms with van der Waals surface area (Å²) in [5.74, 6) is 1.90. The molecule has 1 fully saturated rings. The van der Waals surface area contributed by atoms with Gasteiger partial charge in [-0.1, -0.05) is 29.8 Å². The number of quaternary nitrogens is 1. The lowest BCUT2D eigenvalue weighted by Gasteiger charge is -2.32. The van der Waals surface area contributed by atoms with Crippen molar-refractivity contribution in [1.82, 2.24) is 4.90 Å². The zero-order valence-electron chi connectivity index (χ0n) is 15.2. The predicted octanol–water partition coefficient (Wildman–Crippen LogP) is 1.19. The Labute approximate surface area is 154 Å². The largest absolute Gasteiger partial charge is 0.454 e. The van der Waals surface area contributed by atoms with Gasteiger partial charge in [0.15, 0.2) is 11.5 Å². The van der Waals surface area contributed by atoms with Gasteiger partial charge < -0.3 is 19.3 Å². The smallest absolute Gasteiger partial charge is 0.231 e. The summed E-state index contributed by atoms with van der Waals surface area (Å²) in [4.78, 5) is 16.0. The van der Waals surface area contributed by atoms with Gasteiger partial charge in [-0.25, -0.2) is 0 Å². The molecule has 1 saturated heterocycles. The van der Waals surface area contributed by atoms with E-state index in [2.05, 4.69) is 31.2 Å². The minimum absolute atomic E-state index is 0.232. The van der Waals surface area contributed by atoms with Gasteiger partial charge in [-0.2, -0.15) is 0 Å². The molecule has 0 radical (unpaired) electrons. The lowest BCUT2D eigenvalue weighted by molar-refractivity contribution is -0.917. The highest BCUT2D eigenvalue weighted by molar-refractivity contribution is 5.78. The number of nitrogens with one attached hydrogen (secondary N) is 1. The number of fused-ring (bicyclic) bond motifs is 1. The molecule has 2 heterocycles. The number of ether oxygens (including phenoxy) is 2. The van der Waals surface area contributed by atoms with Crippen LogP contribution in [-0.2, 0) is 17.8 Å². The van der Waals surface area contributed by atoms with Crippen molar-refractivity contribution >= 4 is 5.91 Å². The summed E-state index contributed by atoms with van der Waals surface area (Å²) in [5, 5.41) is 0. The van der Waals surface area contributed by atoms with E-state index in [0.29, 0.717) is 13.2 Å². The van der Waals surface area contributed by atoms with E-state index in [4.69, 9.17) is 9.47 Å². The Morgan fingerprint density at radius 2 is 1.69 bits per heavy atom. The van der Waals surface area contributed by atoms with Crippen LogP contribution < -0.4 is 14.4 Å². The number of aryl methyl sites for hydroxylation is 1. The standard InChI is InChI=1S/C21H24N2O3/c1-16-2-4-17(5-3-16)13-21(24)23-10-8-22(9-11-23)14-18-6-7-19-20(12-18)26-15-25-19/h2-7,12H,8-11,13-15H2,1H3/p+1. The first-order valence-corrected chi connectivity index (χ1v) is 9.23. The Morgan fingerprint density at radius 3 is 2.46 bits per heavy atom. The number of carbonyl (C=O) groups excluding carboxylic acids is 1. The van der Waals surface area contributed by atoms with Crippen molar-refractivity contribution in [3.05, 3.63) is 59.2 Å². The van der Waals surface area contributed by atoms with Gasteiger partial charge in [0.2, 0.25) is 12.7 Å². The van der Waals surface area contributed by atoms with Gasteiger partial charge in [0.25, 0.3) is 0 Å². The Bertz CT molecular complexity index is 780. The molecule has 0 unspecified atom stereocenters. The summed E-state index contributed by atoms with van der Waals surface area (Å²) < 4.78 is 10.8. The second-order valence-electron chi connectivity index (χ2n) is 7.16. The maximum atomic E-state index is 12.5. The van der Waals surface area contributed by atoms with Gasteiger partial charge in [0, 0.05) is 5.56 Å². The molecule has 5 heteroatoms. The van der Waals surface area contributed by atoms with Gasteiger partial charge in [-0.05, 0) is 30.7 Å². The second-order valence-corrected chi connectivity index (χ2v) is 7.16. The average molecular weight is 353 g/mol. The number of amides is 1. The second kappa shape index (κ2) is 7.38. The van der Waals surface area contributed by atoms with Crippen LogP contribution in [0.1, 0.15) is 16.7 Å². The molecule has 4 rings (SSSR count). The fraction of sp³-hybridized carbons (Fsp3) is 0.381. The molecule has 26 heavy (non-hydrogen) atoms. The number of hydrogen-bond donors (Lipinski definition) is 1. The molecule has 2 aliphatic rings. The first-order valence-electron chi connectivity index (χ1n) is 9.23. The number of benzene rings is 2. The van der Waals surface area contributed by atoms with E-state index in [0.717, 1.165) is 49.8 Å². The minimum atomic E-state index is 0.232. The van der Waals surface area contributed by atoms with E-state index >= 15 is 0 Å². The number of rotatable bonds is 4. The number of piperazine rings is 1. The summed E-state index contributed by atoms with van der Waals surface area (Å²) in [7, 11) is 0. The Balaban J connectivity index is 1.28. The predicted molar refractivity (Wildman–Crippen MR) is 98.4 cm³/mol. The molecule has 2 aliphatic heterocycles. The van der Waals surface area contributed by atoms with E-state index in [1.807, 2.05) is 23.1 Å². The lowest BCUT2D eigenvalue weighted by Crippen LogP contribution is -3.13. The van der Waals surface area contributed by atoms with Crippen LogP contribution in [0.4, 0.5) is 0 Å². The minimum Gasteiger partial charge on any atom is -0.454 e. The van der Waals surface area contributed by atoms with Crippen LogP contribution in [0.25, 0.3) is 0 Å². The quantitative estimate of drug-likeness (QED) is 0.898. The van der Waals surface area contributed by atoms with Crippen molar-refractivity contribution in [3.8, 4) is 11.5 Å². The van der Waals surface area contributed by atoms with Gasteiger partial charge in [0.1, 0.15) is 6.54 Å². The zero-order valence-corrected chi connectivity index (χ0v) is 15.2. The Morgan fingerprint density at radius 1 is 1.00 bits per heavy atom. The third-order valence-corrected chi connectivity index (χ3v) is 5.19. The van der Waals surface area contributed by atoms with Crippen LogP contribution in [0.3, 0.4) is 0 Å². The van der Waals surface area contributed by atoms with Crippen molar-refractivity contribution in [2.45, 2.75) is 19.9 Å². The number of nitrogens with zero attached hydrogens (tertiary/aromatic N) is 1. The third-order valence-electron chi connectivity index (χ3n) is 5.19. The van der Waals surface area contributed by atoms with Gasteiger partial charge >= 0.3 is 0 Å². The van der Waals surface area contributed by atoms with E-state index in [1.165, 1.54) is 16.0 Å². The fourth-order valence-corrected chi connectivity index (χ4v) is 3.58. The van der Waals surface area contributed by atoms with Gasteiger partial charge in [-0.15, -0.1) is 0 Å². The van der Waals surface area contributed by atoms with Gasteiger partial charge in [0.05, 0.1) is 32.6 Å². The van der Waals surface area contributed by atoms with Crippen LogP contribution in [0.15, 0.2) is 42.5 Å². The SMILES string of the molecule is Cc1ccc(CC(=O)N2CC[NH+](Cc3ccc4c(c3)OCO4)CC2)cc1. The van der Waals surface area contributed by atoms with Crippen LogP contribution in [-0.4, -0.2) is 43.8 Å². The molecule has 2 aromatic carbocycles. The van der Waals surface area contributed by atoms with Crippen LogP contribution in [0.5, 0.6) is 11.5 Å². The van der Waals surface area contributed by atoms with Crippen molar-refractivity contribution < 1.29 is 19.2 Å². The molecule has 0 aliphatic carbocycles. The molecule has 0 saturated carbocycles. The van der Waals surface area contributed by atoms with Crippen molar-refractivity contribution in [2.75, 3.05) is 33.0 Å². The first-order chi connectivity index (χ1) is 12.7. The molecule has 0 aromatic heterocycles. The normalized spacial score (nSPS) is 16.7. The third kappa shape index (κ3) is 3.83. The highest BCUT2D eigenvalue weighted by atomic mass is 16.7. The van der Waals surface area contributed by atoms with Crippen LogP contribution >= 0.6 is 0 Å². The van der Waals surface area contributed by atoms with Crippen molar-refractivity contribution in [3.63, 3.8) is 0 Å². The number of hydrogen-bond acceptors (Lipinski definition) is 3. The van der Waals surface area contributed by atoms with Crippen molar-refractivity contribution in [2.24, 2.45) is 0 Å². The number of carbonyl (C=O) groups is 1. The van der Waals surface area contributed by atoms with Crippen molar-refractivity contribution in [1.29, 1.82) is 0 Å². The van der Waals surface area contributed by atoms with Gasteiger partial charge in [-0.3, -0.25) is 4.79 Å². The molecular formula is C21H25N2O3+. The zero-order chi connectivity index (χ0) is 17.9. The van der Waals surface area contributed by atoms with Crippen LogP contribution in [0, 0.1) is 6.92 Å². The molecule has 2 aromatic rings. The summed E-state index contributed by atoms with van der Waals surface area (Å²) in [6.45, 7) is 6.94. The molecule has 0 bridgehead atoms. The average Bonchev–Trinajstić information content (AvgIpc) is 3.12. The molecule has 5 nitrogen and oxygen atoms in total. The highest BCUT2D eigenvalue weighted by Crippen LogP contribution is 2.32. The summed E-state index contributed by atoms with van der Waals surface area (Å²) in [5.41, 5.74) is 3.57. The lowest BCUT2D eigenvalue weighted by atomic mass is 10.1. The summed E-state index contributed by atoms with van der Waals surface area (Å²) in [6.07, 6.45) is 0.498. The Kier molecular flexibility index (Phi) is 4.80. The first kappa shape index (κ1) is 16.9. The Hall–Kier alpha value is -2.53. The van der Waals surface area contributed by atoms with E-state index in [9.17, 15) is 4.79 Å². The molecule has 1 amide bonds. The fourth-order valence-electron chi connectivity index (χ4n) is 3.58. The molecule has 136 valence electrons. The molecule has 0 atom stereocenters. The molecular weight excluding hydrogens is 328 g/mol. The topological polar surface area (TPSA) is 43.2 Å². The maximum Gasteiger partial charge on any atom is 0.231 e. The highest BCUT2D eigenvalue weighted by Gasteiger charge is 2.24. The van der Waals surface area contributed by atoms with E-state index in [1.54, 1.807) is 0 Å². The summed E-state index contributed by atoms with van der Waals surface area (Å²) in [6, 6.07) is 14.4.